The molecule has 0 N–H and O–H groups in total. The van der Waals surface area contributed by atoms with Crippen LogP contribution in [0.5, 0.6) is 17.2 Å². The van der Waals surface area contributed by atoms with Crippen LogP contribution in [0, 0.1) is 11.8 Å². The number of carbonyl (C=O) groups excluding carboxylic acids is 3. The molecule has 0 aromatic heterocycles. The van der Waals surface area contributed by atoms with Crippen LogP contribution in [0.2, 0.25) is 0 Å². The molecule has 0 unspecified atom stereocenters. The van der Waals surface area contributed by atoms with E-state index in [1.165, 1.54) is 0 Å². The molecule has 0 spiro atoms. The summed E-state index contributed by atoms with van der Waals surface area (Å²) < 4.78 is 15.6. The minimum Gasteiger partial charge on any atom is -0.454 e. The zero-order valence-corrected chi connectivity index (χ0v) is 13.0. The van der Waals surface area contributed by atoms with Crippen molar-refractivity contribution in [3.63, 3.8) is 0 Å². The summed E-state index contributed by atoms with van der Waals surface area (Å²) in [6, 6.07) is 4.78. The highest BCUT2D eigenvalue weighted by Crippen LogP contribution is 2.38. The van der Waals surface area contributed by atoms with Gasteiger partial charge in [0.05, 0.1) is 11.8 Å². The summed E-state index contributed by atoms with van der Waals surface area (Å²) in [5.74, 6) is -0.271. The maximum Gasteiger partial charge on any atom is 0.331 e. The van der Waals surface area contributed by atoms with Crippen LogP contribution < -0.4 is 14.2 Å². The van der Waals surface area contributed by atoms with E-state index in [1.807, 2.05) is 0 Å². The van der Waals surface area contributed by atoms with Crippen molar-refractivity contribution in [1.29, 1.82) is 0 Å². The number of esters is 1. The van der Waals surface area contributed by atoms with Gasteiger partial charge in [-0.1, -0.05) is 12.8 Å². The van der Waals surface area contributed by atoms with Crippen molar-refractivity contribution in [2.45, 2.75) is 25.7 Å². The van der Waals surface area contributed by atoms with E-state index in [9.17, 15) is 14.4 Å². The number of hydrogen-bond donors (Lipinski definition) is 0. The van der Waals surface area contributed by atoms with Crippen molar-refractivity contribution in [3.8, 4) is 17.2 Å². The Kier molecular flexibility index (Phi) is 3.63. The fourth-order valence-electron chi connectivity index (χ4n) is 3.62. The standard InChI is InChI=1S/C17H17NO6/c19-15(24-10-5-6-13-14(7-10)23-9-22-13)8-18-16(20)11-3-1-2-4-12(11)17(18)21/h5-7,11-12H,1-4,8-9H2/t11-,12-/m0/s1. The molecule has 2 heterocycles. The number of ether oxygens (including phenoxy) is 3. The molecule has 0 bridgehead atoms. The van der Waals surface area contributed by atoms with Crippen molar-refractivity contribution in [2.24, 2.45) is 11.8 Å². The average molecular weight is 331 g/mol. The highest BCUT2D eigenvalue weighted by Gasteiger charge is 2.48. The molecular weight excluding hydrogens is 314 g/mol. The highest BCUT2D eigenvalue weighted by atomic mass is 16.7. The topological polar surface area (TPSA) is 82.1 Å². The van der Waals surface area contributed by atoms with E-state index in [0.29, 0.717) is 17.2 Å². The van der Waals surface area contributed by atoms with Crippen LogP contribution in [0.25, 0.3) is 0 Å². The molecule has 2 atom stereocenters. The normalized spacial score (nSPS) is 24.9. The van der Waals surface area contributed by atoms with Gasteiger partial charge in [0.25, 0.3) is 0 Å². The summed E-state index contributed by atoms with van der Waals surface area (Å²) in [4.78, 5) is 37.9. The molecule has 1 aromatic rings. The van der Waals surface area contributed by atoms with E-state index in [4.69, 9.17) is 14.2 Å². The van der Waals surface area contributed by atoms with Crippen molar-refractivity contribution in [2.75, 3.05) is 13.3 Å². The van der Waals surface area contributed by atoms with E-state index >= 15 is 0 Å². The zero-order valence-electron chi connectivity index (χ0n) is 13.0. The molecule has 3 aliphatic rings. The Morgan fingerprint density at radius 1 is 1.08 bits per heavy atom. The van der Waals surface area contributed by atoms with Crippen molar-refractivity contribution >= 4 is 17.8 Å². The summed E-state index contributed by atoms with van der Waals surface area (Å²) >= 11 is 0. The number of imide groups is 1. The third-order valence-electron chi connectivity index (χ3n) is 4.80. The summed E-state index contributed by atoms with van der Waals surface area (Å²) in [5.41, 5.74) is 0. The van der Waals surface area contributed by atoms with Crippen LogP contribution in [0.3, 0.4) is 0 Å². The maximum atomic E-state index is 12.4. The number of fused-ring (bicyclic) bond motifs is 2. The summed E-state index contributed by atoms with van der Waals surface area (Å²) in [7, 11) is 0. The molecule has 126 valence electrons. The summed E-state index contributed by atoms with van der Waals surface area (Å²) in [6.07, 6.45) is 3.36. The number of amides is 2. The number of hydrogen-bond acceptors (Lipinski definition) is 6. The van der Waals surface area contributed by atoms with E-state index in [-0.39, 0.29) is 37.0 Å². The Morgan fingerprint density at radius 3 is 2.46 bits per heavy atom. The second kappa shape index (κ2) is 5.81. The quantitative estimate of drug-likeness (QED) is 0.474. The molecule has 1 aromatic carbocycles. The van der Waals surface area contributed by atoms with Crippen molar-refractivity contribution in [1.82, 2.24) is 4.90 Å². The molecular formula is C17H17NO6. The van der Waals surface area contributed by atoms with Gasteiger partial charge in [-0.25, -0.2) is 4.79 Å². The summed E-state index contributed by atoms with van der Waals surface area (Å²) in [5, 5.41) is 0. The fraction of sp³-hybridized carbons (Fsp3) is 0.471. The SMILES string of the molecule is O=C(CN1C(=O)[C@H]2CCCC[C@@H]2C1=O)Oc1ccc2c(c1)OCO2. The molecule has 0 radical (unpaired) electrons. The first-order chi connectivity index (χ1) is 11.6. The molecule has 2 fully saturated rings. The Morgan fingerprint density at radius 2 is 1.75 bits per heavy atom. The molecule has 4 rings (SSSR count). The molecule has 2 amide bonds. The summed E-state index contributed by atoms with van der Waals surface area (Å²) in [6.45, 7) is -0.217. The molecule has 1 saturated heterocycles. The minimum absolute atomic E-state index is 0.131. The van der Waals surface area contributed by atoms with Crippen molar-refractivity contribution in [3.05, 3.63) is 18.2 Å². The van der Waals surface area contributed by atoms with Crippen molar-refractivity contribution < 1.29 is 28.6 Å². The maximum absolute atomic E-state index is 12.4. The lowest BCUT2D eigenvalue weighted by Crippen LogP contribution is -2.37. The Balaban J connectivity index is 1.42. The molecule has 1 saturated carbocycles. The van der Waals surface area contributed by atoms with E-state index in [0.717, 1.165) is 30.6 Å². The lowest BCUT2D eigenvalue weighted by atomic mass is 9.81. The molecule has 7 nitrogen and oxygen atoms in total. The van der Waals surface area contributed by atoms with E-state index < -0.39 is 5.97 Å². The molecule has 7 heteroatoms. The minimum atomic E-state index is -0.644. The number of likely N-dealkylation sites (tertiary alicyclic amines) is 1. The number of benzene rings is 1. The van der Waals surface area contributed by atoms with E-state index in [2.05, 4.69) is 0 Å². The predicted octanol–water partition coefficient (Wildman–Crippen LogP) is 1.50. The van der Waals surface area contributed by atoms with Gasteiger partial charge < -0.3 is 14.2 Å². The van der Waals surface area contributed by atoms with Gasteiger partial charge in [-0.15, -0.1) is 0 Å². The number of rotatable bonds is 3. The van der Waals surface area contributed by atoms with Gasteiger partial charge in [0.1, 0.15) is 12.3 Å². The van der Waals surface area contributed by atoms with Gasteiger partial charge in [0.15, 0.2) is 11.5 Å². The van der Waals surface area contributed by atoms with E-state index in [1.54, 1.807) is 18.2 Å². The van der Waals surface area contributed by atoms with Crippen LogP contribution >= 0.6 is 0 Å². The number of nitrogens with zero attached hydrogens (tertiary/aromatic N) is 1. The third-order valence-corrected chi connectivity index (χ3v) is 4.80. The Hall–Kier alpha value is -2.57. The monoisotopic (exact) mass is 331 g/mol. The highest BCUT2D eigenvalue weighted by molar-refractivity contribution is 6.07. The number of carbonyl (C=O) groups is 3. The molecule has 24 heavy (non-hydrogen) atoms. The van der Waals surface area contributed by atoms with Crippen LogP contribution in [-0.4, -0.2) is 36.0 Å². The largest absolute Gasteiger partial charge is 0.454 e. The first-order valence-electron chi connectivity index (χ1n) is 8.09. The average Bonchev–Trinajstić information content (AvgIpc) is 3.14. The van der Waals surface area contributed by atoms with Gasteiger partial charge in [-0.05, 0) is 25.0 Å². The Labute approximate surface area is 138 Å². The molecule has 2 aliphatic heterocycles. The van der Waals surface area contributed by atoms with Crippen LogP contribution in [-0.2, 0) is 14.4 Å². The van der Waals surface area contributed by atoms with Gasteiger partial charge in [-0.3, -0.25) is 14.5 Å². The van der Waals surface area contributed by atoms with Gasteiger partial charge in [-0.2, -0.15) is 0 Å². The third kappa shape index (κ3) is 2.50. The first-order valence-corrected chi connectivity index (χ1v) is 8.09. The lowest BCUT2D eigenvalue weighted by Gasteiger charge is -2.19. The Bertz CT molecular complexity index is 691. The second-order valence-electron chi connectivity index (χ2n) is 6.25. The van der Waals surface area contributed by atoms with Gasteiger partial charge >= 0.3 is 5.97 Å². The smallest absolute Gasteiger partial charge is 0.331 e. The molecule has 1 aliphatic carbocycles. The van der Waals surface area contributed by atoms with Crippen LogP contribution in [0.4, 0.5) is 0 Å². The van der Waals surface area contributed by atoms with Gasteiger partial charge in [0.2, 0.25) is 18.6 Å². The predicted molar refractivity (Wildman–Crippen MR) is 80.4 cm³/mol. The fourth-order valence-corrected chi connectivity index (χ4v) is 3.62. The zero-order chi connectivity index (χ0) is 16.7. The van der Waals surface area contributed by atoms with Gasteiger partial charge in [0, 0.05) is 6.07 Å². The lowest BCUT2D eigenvalue weighted by molar-refractivity contribution is -0.148. The first kappa shape index (κ1) is 15.0. The second-order valence-corrected chi connectivity index (χ2v) is 6.25. The van der Waals surface area contributed by atoms with Crippen LogP contribution in [0.15, 0.2) is 18.2 Å². The van der Waals surface area contributed by atoms with Crippen LogP contribution in [0.1, 0.15) is 25.7 Å².